The molecule has 2 amide bonds. The highest BCUT2D eigenvalue weighted by Gasteiger charge is 2.54. The SMILES string of the molecule is Cc1cc(C(F)F)nc2sc(C(N)=O)c(NC(=O)c3cn(-c4ccccc4)nc3C34CC5CC(CC(C5)C3)C4)c12. The monoisotopic (exact) mass is 561 g/mol. The van der Waals surface area contributed by atoms with Gasteiger partial charge in [-0.3, -0.25) is 9.59 Å². The molecule has 4 fully saturated rings. The molecule has 4 aliphatic rings. The molecule has 4 bridgehead atoms. The van der Waals surface area contributed by atoms with E-state index in [0.29, 0.717) is 34.3 Å². The lowest BCUT2D eigenvalue weighted by atomic mass is 9.48. The van der Waals surface area contributed by atoms with Crippen molar-refractivity contribution < 1.29 is 18.4 Å². The fourth-order valence-electron chi connectivity index (χ4n) is 7.94. The summed E-state index contributed by atoms with van der Waals surface area (Å²) in [6, 6.07) is 11.0. The number of primary amides is 1. The molecule has 4 aromatic rings. The number of amides is 2. The number of fused-ring (bicyclic) bond motifs is 1. The Hall–Kier alpha value is -3.66. The molecule has 206 valence electrons. The second-order valence-electron chi connectivity index (χ2n) is 11.8. The van der Waals surface area contributed by atoms with Crippen LogP contribution in [-0.4, -0.2) is 26.6 Å². The van der Waals surface area contributed by atoms with Crippen LogP contribution in [0.25, 0.3) is 15.9 Å². The van der Waals surface area contributed by atoms with Crippen molar-refractivity contribution in [3.63, 3.8) is 0 Å². The van der Waals surface area contributed by atoms with Crippen molar-refractivity contribution >= 4 is 39.1 Å². The van der Waals surface area contributed by atoms with Gasteiger partial charge in [-0.15, -0.1) is 11.3 Å². The molecule has 0 aliphatic heterocycles. The van der Waals surface area contributed by atoms with E-state index in [0.717, 1.165) is 42.0 Å². The first-order valence-electron chi connectivity index (χ1n) is 13.7. The van der Waals surface area contributed by atoms with Crippen molar-refractivity contribution in [2.45, 2.75) is 57.3 Å². The number of benzene rings is 1. The van der Waals surface area contributed by atoms with Crippen molar-refractivity contribution in [2.75, 3.05) is 5.32 Å². The van der Waals surface area contributed by atoms with Gasteiger partial charge < -0.3 is 11.1 Å². The first kappa shape index (κ1) is 25.3. The third kappa shape index (κ3) is 4.03. The zero-order valence-corrected chi connectivity index (χ0v) is 22.8. The van der Waals surface area contributed by atoms with E-state index in [9.17, 15) is 18.4 Å². The van der Waals surface area contributed by atoms with E-state index in [1.54, 1.807) is 17.8 Å². The van der Waals surface area contributed by atoms with Gasteiger partial charge in [0.2, 0.25) is 0 Å². The third-order valence-corrected chi connectivity index (χ3v) is 10.2. The number of para-hydroxylation sites is 1. The van der Waals surface area contributed by atoms with Crippen LogP contribution in [0.5, 0.6) is 0 Å². The number of rotatable bonds is 6. The van der Waals surface area contributed by atoms with Crippen molar-refractivity contribution in [1.82, 2.24) is 14.8 Å². The van der Waals surface area contributed by atoms with Gasteiger partial charge in [0, 0.05) is 17.0 Å². The molecule has 7 nitrogen and oxygen atoms in total. The molecule has 4 saturated carbocycles. The molecule has 4 aliphatic carbocycles. The highest BCUT2D eigenvalue weighted by atomic mass is 32.1. The highest BCUT2D eigenvalue weighted by Crippen LogP contribution is 2.61. The van der Waals surface area contributed by atoms with E-state index in [-0.39, 0.29) is 26.5 Å². The summed E-state index contributed by atoms with van der Waals surface area (Å²) in [5.74, 6) is 0.822. The van der Waals surface area contributed by atoms with Crippen LogP contribution in [0, 0.1) is 24.7 Å². The molecule has 3 N–H and O–H groups in total. The van der Waals surface area contributed by atoms with Crippen LogP contribution in [0.15, 0.2) is 42.6 Å². The summed E-state index contributed by atoms with van der Waals surface area (Å²) in [5, 5.41) is 8.46. The van der Waals surface area contributed by atoms with Crippen LogP contribution in [0.3, 0.4) is 0 Å². The van der Waals surface area contributed by atoms with Gasteiger partial charge in [0.1, 0.15) is 15.4 Å². The fraction of sp³-hybridized carbons (Fsp3) is 0.400. The zero-order chi connectivity index (χ0) is 27.8. The van der Waals surface area contributed by atoms with Crippen LogP contribution >= 0.6 is 11.3 Å². The summed E-state index contributed by atoms with van der Waals surface area (Å²) in [6.45, 7) is 1.66. The number of carbonyl (C=O) groups is 2. The summed E-state index contributed by atoms with van der Waals surface area (Å²) in [6.07, 6.45) is 5.88. The van der Waals surface area contributed by atoms with Gasteiger partial charge in [-0.2, -0.15) is 5.10 Å². The van der Waals surface area contributed by atoms with Gasteiger partial charge >= 0.3 is 0 Å². The van der Waals surface area contributed by atoms with Crippen molar-refractivity contribution in [3.8, 4) is 5.69 Å². The lowest BCUT2D eigenvalue weighted by Crippen LogP contribution is -2.49. The highest BCUT2D eigenvalue weighted by molar-refractivity contribution is 7.21. The normalized spacial score (nSPS) is 25.1. The van der Waals surface area contributed by atoms with E-state index in [2.05, 4.69) is 10.3 Å². The Bertz CT molecular complexity index is 1630. The van der Waals surface area contributed by atoms with E-state index < -0.39 is 18.2 Å². The van der Waals surface area contributed by atoms with E-state index >= 15 is 0 Å². The Morgan fingerprint density at radius 3 is 2.35 bits per heavy atom. The third-order valence-electron chi connectivity index (χ3n) is 9.09. The molecule has 0 unspecified atom stereocenters. The van der Waals surface area contributed by atoms with E-state index in [4.69, 9.17) is 10.8 Å². The number of halogens is 2. The Labute approximate surface area is 233 Å². The first-order chi connectivity index (χ1) is 19.2. The summed E-state index contributed by atoms with van der Waals surface area (Å²) >= 11 is 0.914. The number of thiophene rings is 1. The molecular formula is C30H29F2N5O2S. The first-order valence-corrected chi connectivity index (χ1v) is 14.5. The van der Waals surface area contributed by atoms with Crippen LogP contribution < -0.4 is 11.1 Å². The molecule has 3 aromatic heterocycles. The maximum Gasteiger partial charge on any atom is 0.280 e. The molecular weight excluding hydrogens is 532 g/mol. The van der Waals surface area contributed by atoms with Gasteiger partial charge in [-0.05, 0) is 87.0 Å². The minimum Gasteiger partial charge on any atom is -0.365 e. The average molecular weight is 562 g/mol. The molecule has 0 spiro atoms. The second-order valence-corrected chi connectivity index (χ2v) is 12.8. The number of hydrogen-bond donors (Lipinski definition) is 2. The molecule has 10 heteroatoms. The van der Waals surface area contributed by atoms with Gasteiger partial charge in [-0.1, -0.05) is 18.2 Å². The summed E-state index contributed by atoms with van der Waals surface area (Å²) in [5.41, 5.74) is 7.97. The Morgan fingerprint density at radius 1 is 1.10 bits per heavy atom. The number of nitrogens with two attached hydrogens (primary N) is 1. The largest absolute Gasteiger partial charge is 0.365 e. The van der Waals surface area contributed by atoms with Gasteiger partial charge in [0.05, 0.1) is 22.6 Å². The standard InChI is InChI=1S/C30H29F2N5O2S/c1-15-7-21(26(31)32)34-29-22(15)23(24(40-29)27(33)38)35-28(39)20-14-37(19-5-3-2-4-6-19)36-25(20)30-11-16-8-17(12-30)10-18(9-16)13-30/h2-7,14,16-18,26H,8-13H2,1H3,(H2,33,38)(H,35,39). The van der Waals surface area contributed by atoms with E-state index in [1.807, 2.05) is 30.3 Å². The summed E-state index contributed by atoms with van der Waals surface area (Å²) < 4.78 is 28.6. The molecule has 0 saturated heterocycles. The molecule has 1 aromatic carbocycles. The maximum absolute atomic E-state index is 14.1. The second kappa shape index (κ2) is 9.19. The summed E-state index contributed by atoms with van der Waals surface area (Å²) in [4.78, 5) is 30.9. The lowest BCUT2D eigenvalue weighted by Gasteiger charge is -2.56. The average Bonchev–Trinajstić information content (AvgIpc) is 3.52. The number of carbonyl (C=O) groups excluding carboxylic acids is 2. The Balaban J connectivity index is 1.34. The quantitative estimate of drug-likeness (QED) is 0.279. The fourth-order valence-corrected chi connectivity index (χ4v) is 9.00. The minimum atomic E-state index is -2.76. The predicted molar refractivity (Wildman–Crippen MR) is 149 cm³/mol. The van der Waals surface area contributed by atoms with Crippen molar-refractivity contribution in [2.24, 2.45) is 23.5 Å². The van der Waals surface area contributed by atoms with E-state index in [1.165, 1.54) is 25.3 Å². The van der Waals surface area contributed by atoms with Gasteiger partial charge in [0.25, 0.3) is 18.2 Å². The van der Waals surface area contributed by atoms with Crippen molar-refractivity contribution in [1.29, 1.82) is 0 Å². The zero-order valence-electron chi connectivity index (χ0n) is 22.0. The number of aryl methyl sites for hydroxylation is 1. The number of aromatic nitrogens is 3. The molecule has 3 heterocycles. The Morgan fingerprint density at radius 2 is 1.75 bits per heavy atom. The number of pyridine rings is 1. The van der Waals surface area contributed by atoms with Crippen molar-refractivity contribution in [3.05, 3.63) is 70.0 Å². The number of anilines is 1. The molecule has 0 radical (unpaired) electrons. The summed E-state index contributed by atoms with van der Waals surface area (Å²) in [7, 11) is 0. The lowest BCUT2D eigenvalue weighted by molar-refractivity contribution is -0.00765. The minimum absolute atomic E-state index is 0.0807. The number of nitrogens with one attached hydrogen (secondary N) is 1. The predicted octanol–water partition coefficient (Wildman–Crippen LogP) is 6.55. The maximum atomic E-state index is 14.1. The number of alkyl halides is 2. The molecule has 8 rings (SSSR count). The van der Waals surface area contributed by atoms with Gasteiger partial charge in [0.15, 0.2) is 0 Å². The Kier molecular flexibility index (Phi) is 5.82. The van der Waals surface area contributed by atoms with Gasteiger partial charge in [-0.25, -0.2) is 18.4 Å². The number of hydrogen-bond acceptors (Lipinski definition) is 5. The van der Waals surface area contributed by atoms with Crippen LogP contribution in [0.2, 0.25) is 0 Å². The van der Waals surface area contributed by atoms with Crippen LogP contribution in [0.4, 0.5) is 14.5 Å². The molecule has 40 heavy (non-hydrogen) atoms. The number of nitrogens with zero attached hydrogens (tertiary/aromatic N) is 3. The smallest absolute Gasteiger partial charge is 0.280 e. The van der Waals surface area contributed by atoms with Crippen LogP contribution in [-0.2, 0) is 5.41 Å². The van der Waals surface area contributed by atoms with Crippen LogP contribution in [0.1, 0.15) is 81.9 Å². The molecule has 0 atom stereocenters. The topological polar surface area (TPSA) is 103 Å².